The first kappa shape index (κ1) is 8.83. The Morgan fingerprint density at radius 1 is 1.33 bits per heavy atom. The van der Waals surface area contributed by atoms with Crippen molar-refractivity contribution in [2.24, 2.45) is 9.98 Å². The molecule has 0 N–H and O–H groups in total. The number of nitrogens with zero attached hydrogens (tertiary/aromatic N) is 3. The topological polar surface area (TPSA) is 67.9 Å². The van der Waals surface area contributed by atoms with Crippen molar-refractivity contribution < 1.29 is 4.92 Å². The van der Waals surface area contributed by atoms with Crippen LogP contribution in [-0.4, -0.2) is 35.5 Å². The molecule has 0 spiro atoms. The summed E-state index contributed by atoms with van der Waals surface area (Å²) in [6.07, 6.45) is 0. The lowest BCUT2D eigenvalue weighted by Gasteiger charge is -2.05. The predicted molar refractivity (Wildman–Crippen MR) is 46.7 cm³/mol. The van der Waals surface area contributed by atoms with Crippen molar-refractivity contribution in [2.45, 2.75) is 19.9 Å². The second kappa shape index (κ2) is 3.42. The van der Waals surface area contributed by atoms with Gasteiger partial charge in [0, 0.05) is 4.92 Å². The van der Waals surface area contributed by atoms with Crippen molar-refractivity contribution in [2.75, 3.05) is 13.1 Å². The fourth-order valence-corrected chi connectivity index (χ4v) is 1.23. The lowest BCUT2D eigenvalue weighted by molar-refractivity contribution is -0.484. The Bertz CT molecular complexity index is 237. The molecule has 1 aliphatic rings. The maximum atomic E-state index is 10.6. The van der Waals surface area contributed by atoms with Crippen LogP contribution in [0.25, 0.3) is 0 Å². The predicted octanol–water partition coefficient (Wildman–Crippen LogP) is 0.567. The summed E-state index contributed by atoms with van der Waals surface area (Å²) in [6, 6.07) is -0.799. The maximum Gasteiger partial charge on any atom is 0.287 e. The van der Waals surface area contributed by atoms with Crippen LogP contribution in [0.1, 0.15) is 13.8 Å². The van der Waals surface area contributed by atoms with Crippen LogP contribution in [-0.2, 0) is 0 Å². The van der Waals surface area contributed by atoms with Gasteiger partial charge in [0.15, 0.2) is 0 Å². The van der Waals surface area contributed by atoms with Gasteiger partial charge in [0.25, 0.3) is 6.04 Å². The Hall–Kier alpha value is -1.26. The van der Waals surface area contributed by atoms with E-state index in [2.05, 4.69) is 9.98 Å². The molecule has 0 saturated carbocycles. The molecule has 1 heterocycles. The first-order valence-electron chi connectivity index (χ1n) is 3.78. The van der Waals surface area contributed by atoms with Gasteiger partial charge in [0.2, 0.25) is 0 Å². The fraction of sp³-hybridized carbons (Fsp3) is 0.714. The first-order chi connectivity index (χ1) is 5.63. The second-order valence-corrected chi connectivity index (χ2v) is 2.73. The molecule has 66 valence electrons. The summed E-state index contributed by atoms with van der Waals surface area (Å²) in [5, 5.41) is 10.6. The fourth-order valence-electron chi connectivity index (χ4n) is 1.23. The molecule has 0 aromatic carbocycles. The lowest BCUT2D eigenvalue weighted by atomic mass is 10.1. The zero-order valence-electron chi connectivity index (χ0n) is 7.15. The molecule has 0 fully saturated rings. The molecule has 12 heavy (non-hydrogen) atoms. The molecule has 0 bridgehead atoms. The van der Waals surface area contributed by atoms with Crippen molar-refractivity contribution >= 4 is 11.4 Å². The summed E-state index contributed by atoms with van der Waals surface area (Å²) in [7, 11) is 0. The van der Waals surface area contributed by atoms with E-state index >= 15 is 0 Å². The van der Waals surface area contributed by atoms with E-state index in [1.165, 1.54) is 0 Å². The number of aliphatic imine (C=N–C) groups is 2. The van der Waals surface area contributed by atoms with Gasteiger partial charge in [-0.3, -0.25) is 20.1 Å². The van der Waals surface area contributed by atoms with E-state index in [0.717, 1.165) is 0 Å². The van der Waals surface area contributed by atoms with Crippen LogP contribution in [0, 0.1) is 10.1 Å². The van der Waals surface area contributed by atoms with Crippen LogP contribution >= 0.6 is 0 Å². The van der Waals surface area contributed by atoms with Gasteiger partial charge in [-0.15, -0.1) is 0 Å². The Morgan fingerprint density at radius 3 is 2.08 bits per heavy atom. The average molecular weight is 169 g/mol. The van der Waals surface area contributed by atoms with Gasteiger partial charge in [0.05, 0.1) is 24.5 Å². The number of nitro groups is 1. The third-order valence-electron chi connectivity index (χ3n) is 1.82. The Morgan fingerprint density at radius 2 is 1.75 bits per heavy atom. The molecule has 0 aromatic heterocycles. The summed E-state index contributed by atoms with van der Waals surface area (Å²) in [6.45, 7) is 4.48. The first-order valence-corrected chi connectivity index (χ1v) is 3.78. The Labute approximate surface area is 70.4 Å². The maximum absolute atomic E-state index is 10.6. The van der Waals surface area contributed by atoms with Crippen molar-refractivity contribution in [1.82, 2.24) is 0 Å². The summed E-state index contributed by atoms with van der Waals surface area (Å²) < 4.78 is 0. The SMILES string of the molecule is CC1=NCCN=C(C)C1[N+](=O)[O-]. The van der Waals surface area contributed by atoms with Crippen LogP contribution in [0.15, 0.2) is 9.98 Å². The van der Waals surface area contributed by atoms with Crippen LogP contribution < -0.4 is 0 Å². The van der Waals surface area contributed by atoms with Gasteiger partial charge < -0.3 is 0 Å². The van der Waals surface area contributed by atoms with E-state index in [4.69, 9.17) is 0 Å². The van der Waals surface area contributed by atoms with E-state index < -0.39 is 6.04 Å². The number of rotatable bonds is 1. The van der Waals surface area contributed by atoms with Gasteiger partial charge in [0.1, 0.15) is 0 Å². The van der Waals surface area contributed by atoms with Crippen molar-refractivity contribution in [1.29, 1.82) is 0 Å². The summed E-state index contributed by atoms with van der Waals surface area (Å²) in [5.41, 5.74) is 1.11. The molecular weight excluding hydrogens is 158 g/mol. The van der Waals surface area contributed by atoms with Gasteiger partial charge in [-0.1, -0.05) is 0 Å². The van der Waals surface area contributed by atoms with Gasteiger partial charge in [-0.25, -0.2) is 0 Å². The standard InChI is InChI=1S/C7H11N3O2/c1-5-7(10(11)12)6(2)9-4-3-8-5/h7H,3-4H2,1-2H3. The van der Waals surface area contributed by atoms with Gasteiger partial charge >= 0.3 is 0 Å². The minimum atomic E-state index is -0.799. The van der Waals surface area contributed by atoms with E-state index in [0.29, 0.717) is 24.5 Å². The van der Waals surface area contributed by atoms with Crippen molar-refractivity contribution in [3.63, 3.8) is 0 Å². The van der Waals surface area contributed by atoms with Crippen LogP contribution in [0.5, 0.6) is 0 Å². The second-order valence-electron chi connectivity index (χ2n) is 2.73. The third-order valence-corrected chi connectivity index (χ3v) is 1.82. The van der Waals surface area contributed by atoms with E-state index in [1.807, 2.05) is 0 Å². The highest BCUT2D eigenvalue weighted by Gasteiger charge is 2.28. The molecule has 0 aromatic rings. The molecule has 1 rings (SSSR count). The minimum Gasteiger partial charge on any atom is -0.285 e. The van der Waals surface area contributed by atoms with Crippen LogP contribution in [0.2, 0.25) is 0 Å². The largest absolute Gasteiger partial charge is 0.287 e. The molecule has 0 radical (unpaired) electrons. The zero-order chi connectivity index (χ0) is 9.14. The molecule has 1 aliphatic heterocycles. The van der Waals surface area contributed by atoms with Crippen LogP contribution in [0.4, 0.5) is 0 Å². The van der Waals surface area contributed by atoms with Gasteiger partial charge in [-0.05, 0) is 13.8 Å². The molecule has 0 unspecified atom stereocenters. The molecule has 0 aliphatic carbocycles. The Balaban J connectivity index is 2.96. The molecule has 5 nitrogen and oxygen atoms in total. The van der Waals surface area contributed by atoms with E-state index in [9.17, 15) is 10.1 Å². The van der Waals surface area contributed by atoms with Crippen molar-refractivity contribution in [3.05, 3.63) is 10.1 Å². The van der Waals surface area contributed by atoms with Crippen molar-refractivity contribution in [3.8, 4) is 0 Å². The smallest absolute Gasteiger partial charge is 0.285 e. The molecule has 0 amide bonds. The quantitative estimate of drug-likeness (QED) is 0.425. The molecule has 0 saturated heterocycles. The summed E-state index contributed by atoms with van der Waals surface area (Å²) in [5.74, 6) is 0. The highest BCUT2D eigenvalue weighted by molar-refractivity contribution is 6.08. The average Bonchev–Trinajstić information content (AvgIpc) is 2.11. The highest BCUT2D eigenvalue weighted by Crippen LogP contribution is 2.02. The normalized spacial score (nSPS) is 19.5. The Kier molecular flexibility index (Phi) is 2.52. The molecular formula is C7H11N3O2. The minimum absolute atomic E-state index is 0.344. The van der Waals surface area contributed by atoms with Gasteiger partial charge in [-0.2, -0.15) is 0 Å². The summed E-state index contributed by atoms with van der Waals surface area (Å²) >= 11 is 0. The lowest BCUT2D eigenvalue weighted by Crippen LogP contribution is -2.34. The van der Waals surface area contributed by atoms with Crippen LogP contribution in [0.3, 0.4) is 0 Å². The number of hydrogen-bond donors (Lipinski definition) is 0. The van der Waals surface area contributed by atoms with E-state index in [-0.39, 0.29) is 4.92 Å². The highest BCUT2D eigenvalue weighted by atomic mass is 16.6. The van der Waals surface area contributed by atoms with E-state index in [1.54, 1.807) is 13.8 Å². The molecule has 5 heteroatoms. The molecule has 0 atom stereocenters. The summed E-state index contributed by atoms with van der Waals surface area (Å²) in [4.78, 5) is 18.3. The third kappa shape index (κ3) is 1.66. The monoisotopic (exact) mass is 169 g/mol. The number of hydrogen-bond acceptors (Lipinski definition) is 4. The zero-order valence-corrected chi connectivity index (χ0v) is 7.15.